The van der Waals surface area contributed by atoms with Gasteiger partial charge in [-0.05, 0) is 35.8 Å². The number of amides is 1. The minimum absolute atomic E-state index is 0.00962. The number of para-hydroxylation sites is 1. The second-order valence-electron chi connectivity index (χ2n) is 5.86. The van der Waals surface area contributed by atoms with E-state index in [1.165, 1.54) is 7.11 Å². The van der Waals surface area contributed by atoms with E-state index >= 15 is 0 Å². The smallest absolute Gasteiger partial charge is 0.310 e. The zero-order chi connectivity index (χ0) is 17.9. The van der Waals surface area contributed by atoms with Gasteiger partial charge in [-0.3, -0.25) is 9.59 Å². The maximum atomic E-state index is 12.7. The Morgan fingerprint density at radius 1 is 1.33 bits per heavy atom. The van der Waals surface area contributed by atoms with Gasteiger partial charge in [0.2, 0.25) is 5.91 Å². The minimum Gasteiger partial charge on any atom is -0.469 e. The fourth-order valence-electron chi connectivity index (χ4n) is 2.84. The molecule has 0 aliphatic heterocycles. The molecule has 0 N–H and O–H groups in total. The van der Waals surface area contributed by atoms with Crippen LogP contribution in [-0.4, -0.2) is 41.5 Å². The van der Waals surface area contributed by atoms with Crippen molar-refractivity contribution in [1.29, 1.82) is 0 Å². The molecule has 130 valence electrons. The molecule has 1 atom stereocenters. The van der Waals surface area contributed by atoms with Crippen LogP contribution in [0.4, 0.5) is 0 Å². The first kappa shape index (κ1) is 18.5. The average molecular weight is 395 g/mol. The van der Waals surface area contributed by atoms with Gasteiger partial charge in [0.1, 0.15) is 6.54 Å². The lowest BCUT2D eigenvalue weighted by atomic mass is 10.1. The number of carbonyl (C=O) groups excluding carboxylic acids is 2. The van der Waals surface area contributed by atoms with Crippen LogP contribution in [0.1, 0.15) is 19.5 Å². The summed E-state index contributed by atoms with van der Waals surface area (Å²) in [5.41, 5.74) is 2.04. The van der Waals surface area contributed by atoms with Gasteiger partial charge < -0.3 is 14.2 Å². The number of likely N-dealkylation sites (N-methyl/N-ethyl adjacent to an activating group) is 1. The van der Waals surface area contributed by atoms with E-state index in [2.05, 4.69) is 15.9 Å². The lowest BCUT2D eigenvalue weighted by Crippen LogP contribution is -2.39. The van der Waals surface area contributed by atoms with Gasteiger partial charge in [-0.2, -0.15) is 0 Å². The van der Waals surface area contributed by atoms with E-state index in [-0.39, 0.29) is 24.3 Å². The molecule has 0 spiro atoms. The summed E-state index contributed by atoms with van der Waals surface area (Å²) >= 11 is 3.61. The Labute approximate surface area is 150 Å². The fourth-order valence-corrected chi connectivity index (χ4v) is 3.39. The second-order valence-corrected chi connectivity index (χ2v) is 6.65. The first-order chi connectivity index (χ1) is 11.4. The number of rotatable bonds is 6. The number of methoxy groups -OCH3 is 1. The summed E-state index contributed by atoms with van der Waals surface area (Å²) in [4.78, 5) is 26.0. The maximum Gasteiger partial charge on any atom is 0.310 e. The Bertz CT molecular complexity index is 754. The number of hydrogen-bond acceptors (Lipinski definition) is 3. The largest absolute Gasteiger partial charge is 0.469 e. The summed E-state index contributed by atoms with van der Waals surface area (Å²) in [6.07, 6.45) is 0. The SMILES string of the molecule is CCN(CC(C)C(=O)OC)C(=O)Cn1c(C)c(Br)c2ccccc21. The number of carbonyl (C=O) groups is 2. The van der Waals surface area contributed by atoms with E-state index in [9.17, 15) is 9.59 Å². The molecule has 1 aromatic carbocycles. The summed E-state index contributed by atoms with van der Waals surface area (Å²) in [6.45, 7) is 6.85. The fraction of sp³-hybridized carbons (Fsp3) is 0.444. The van der Waals surface area contributed by atoms with Crippen molar-refractivity contribution in [3.63, 3.8) is 0 Å². The molecular formula is C18H23BrN2O3. The molecule has 1 heterocycles. The first-order valence-electron chi connectivity index (χ1n) is 7.99. The van der Waals surface area contributed by atoms with Gasteiger partial charge in [-0.25, -0.2) is 0 Å². The molecule has 1 aromatic heterocycles. The summed E-state index contributed by atoms with van der Waals surface area (Å²) in [5.74, 6) is -0.649. The Morgan fingerprint density at radius 2 is 2.00 bits per heavy atom. The molecule has 0 aliphatic rings. The highest BCUT2D eigenvalue weighted by Crippen LogP contribution is 2.30. The van der Waals surface area contributed by atoms with Gasteiger partial charge in [0.15, 0.2) is 0 Å². The topological polar surface area (TPSA) is 51.5 Å². The van der Waals surface area contributed by atoms with Gasteiger partial charge in [0, 0.05) is 34.2 Å². The number of benzene rings is 1. The molecule has 0 bridgehead atoms. The first-order valence-corrected chi connectivity index (χ1v) is 8.78. The summed E-state index contributed by atoms with van der Waals surface area (Å²) in [7, 11) is 1.36. The number of nitrogens with zero attached hydrogens (tertiary/aromatic N) is 2. The molecule has 2 rings (SSSR count). The minimum atomic E-state index is -0.340. The normalized spacial score (nSPS) is 12.2. The molecule has 0 fully saturated rings. The molecule has 24 heavy (non-hydrogen) atoms. The van der Waals surface area contributed by atoms with Crippen LogP contribution in [0, 0.1) is 12.8 Å². The quantitative estimate of drug-likeness (QED) is 0.705. The highest BCUT2D eigenvalue weighted by molar-refractivity contribution is 9.10. The molecule has 0 saturated carbocycles. The summed E-state index contributed by atoms with van der Waals surface area (Å²) < 4.78 is 7.77. The van der Waals surface area contributed by atoms with Crippen LogP contribution >= 0.6 is 15.9 Å². The molecule has 0 saturated heterocycles. The number of aromatic nitrogens is 1. The zero-order valence-electron chi connectivity index (χ0n) is 14.5. The monoisotopic (exact) mass is 394 g/mol. The van der Waals surface area contributed by atoms with Gasteiger partial charge in [0.25, 0.3) is 0 Å². The molecular weight excluding hydrogens is 372 g/mol. The van der Waals surface area contributed by atoms with Crippen LogP contribution < -0.4 is 0 Å². The third-order valence-corrected chi connectivity index (χ3v) is 5.28. The number of fused-ring (bicyclic) bond motifs is 1. The predicted octanol–water partition coefficient (Wildman–Crippen LogP) is 3.37. The lowest BCUT2D eigenvalue weighted by Gasteiger charge is -2.24. The highest BCUT2D eigenvalue weighted by atomic mass is 79.9. The lowest BCUT2D eigenvalue weighted by molar-refractivity contribution is -0.146. The van der Waals surface area contributed by atoms with Crippen molar-refractivity contribution in [2.45, 2.75) is 27.3 Å². The molecule has 5 nitrogen and oxygen atoms in total. The van der Waals surface area contributed by atoms with E-state index in [1.54, 1.807) is 11.8 Å². The van der Waals surface area contributed by atoms with Crippen LogP contribution in [-0.2, 0) is 20.9 Å². The Morgan fingerprint density at radius 3 is 2.62 bits per heavy atom. The van der Waals surface area contributed by atoms with E-state index in [1.807, 2.05) is 42.7 Å². The Kier molecular flexibility index (Phi) is 6.04. The molecule has 1 amide bonds. The third kappa shape index (κ3) is 3.64. The molecule has 1 unspecified atom stereocenters. The van der Waals surface area contributed by atoms with Crippen LogP contribution in [0.15, 0.2) is 28.7 Å². The standard InChI is InChI=1S/C18H23BrN2O3/c1-5-20(10-12(2)18(23)24-4)16(22)11-21-13(3)17(19)14-8-6-7-9-15(14)21/h6-9,12H,5,10-11H2,1-4H3. The number of ether oxygens (including phenoxy) is 1. The summed E-state index contributed by atoms with van der Waals surface area (Å²) in [6, 6.07) is 7.99. The molecule has 0 aliphatic carbocycles. The van der Waals surface area contributed by atoms with Gasteiger partial charge in [-0.15, -0.1) is 0 Å². The maximum absolute atomic E-state index is 12.7. The zero-order valence-corrected chi connectivity index (χ0v) is 16.1. The van der Waals surface area contributed by atoms with E-state index < -0.39 is 0 Å². The average Bonchev–Trinajstić information content (AvgIpc) is 2.83. The number of halogens is 1. The van der Waals surface area contributed by atoms with Crippen molar-refractivity contribution >= 4 is 38.7 Å². The van der Waals surface area contributed by atoms with Crippen molar-refractivity contribution in [1.82, 2.24) is 9.47 Å². The number of esters is 1. The van der Waals surface area contributed by atoms with Crippen LogP contribution in [0.25, 0.3) is 10.9 Å². The van der Waals surface area contributed by atoms with Crippen LogP contribution in [0.2, 0.25) is 0 Å². The summed E-state index contributed by atoms with van der Waals surface area (Å²) in [5, 5.41) is 1.09. The van der Waals surface area contributed by atoms with Gasteiger partial charge in [0.05, 0.1) is 13.0 Å². The van der Waals surface area contributed by atoms with Crippen LogP contribution in [0.3, 0.4) is 0 Å². The predicted molar refractivity (Wildman–Crippen MR) is 97.8 cm³/mol. The molecule has 6 heteroatoms. The third-order valence-electron chi connectivity index (χ3n) is 4.28. The van der Waals surface area contributed by atoms with E-state index in [0.29, 0.717) is 13.1 Å². The van der Waals surface area contributed by atoms with E-state index in [0.717, 1.165) is 21.1 Å². The van der Waals surface area contributed by atoms with E-state index in [4.69, 9.17) is 4.74 Å². The second kappa shape index (κ2) is 7.83. The van der Waals surface area contributed by atoms with Crippen molar-refractivity contribution < 1.29 is 14.3 Å². The van der Waals surface area contributed by atoms with Crippen LogP contribution in [0.5, 0.6) is 0 Å². The van der Waals surface area contributed by atoms with Gasteiger partial charge in [-0.1, -0.05) is 25.1 Å². The van der Waals surface area contributed by atoms with Gasteiger partial charge >= 0.3 is 5.97 Å². The Balaban J connectivity index is 2.22. The Hall–Kier alpha value is -1.82. The number of hydrogen-bond donors (Lipinski definition) is 0. The molecule has 0 radical (unpaired) electrons. The highest BCUT2D eigenvalue weighted by Gasteiger charge is 2.22. The van der Waals surface area contributed by atoms with Crippen molar-refractivity contribution in [3.05, 3.63) is 34.4 Å². The van der Waals surface area contributed by atoms with Crippen molar-refractivity contribution in [2.24, 2.45) is 5.92 Å². The molecule has 2 aromatic rings. The van der Waals surface area contributed by atoms with Crippen molar-refractivity contribution in [3.8, 4) is 0 Å². The van der Waals surface area contributed by atoms with Crippen molar-refractivity contribution in [2.75, 3.05) is 20.2 Å².